The summed E-state index contributed by atoms with van der Waals surface area (Å²) < 4.78 is 6.39. The van der Waals surface area contributed by atoms with Gasteiger partial charge in [0, 0.05) is 56.3 Å². The van der Waals surface area contributed by atoms with E-state index < -0.39 is 0 Å². The number of hydrogen-bond acceptors (Lipinski definition) is 3. The van der Waals surface area contributed by atoms with Crippen LogP contribution in [0.15, 0.2) is 33.7 Å². The first-order valence-electron chi connectivity index (χ1n) is 8.13. The fourth-order valence-corrected chi connectivity index (χ4v) is 2.89. The Bertz CT molecular complexity index is 562. The number of halogens is 2. The number of nitrogens with zero attached hydrogens (tertiary/aromatic N) is 2. The SMILES string of the molecule is CN=C(NCCC(=O)Nc1ccc(Br)cc1)N(C)CC1CCOC1.I. The van der Waals surface area contributed by atoms with Crippen molar-refractivity contribution >= 4 is 57.5 Å². The number of benzene rings is 1. The first-order chi connectivity index (χ1) is 11.6. The monoisotopic (exact) mass is 524 g/mol. The molecule has 0 bridgehead atoms. The van der Waals surface area contributed by atoms with E-state index in [9.17, 15) is 4.79 Å². The fraction of sp³-hybridized carbons (Fsp3) is 0.529. The van der Waals surface area contributed by atoms with Gasteiger partial charge in [-0.15, -0.1) is 24.0 Å². The Balaban J connectivity index is 0.00000312. The van der Waals surface area contributed by atoms with Gasteiger partial charge < -0.3 is 20.3 Å². The van der Waals surface area contributed by atoms with Crippen molar-refractivity contribution in [3.05, 3.63) is 28.7 Å². The topological polar surface area (TPSA) is 66.0 Å². The van der Waals surface area contributed by atoms with Gasteiger partial charge in [0.1, 0.15) is 0 Å². The van der Waals surface area contributed by atoms with Gasteiger partial charge in [0.05, 0.1) is 6.61 Å². The maximum absolute atomic E-state index is 12.0. The molecule has 0 saturated carbocycles. The quantitative estimate of drug-likeness (QED) is 0.341. The van der Waals surface area contributed by atoms with E-state index in [4.69, 9.17) is 4.74 Å². The van der Waals surface area contributed by atoms with Crippen molar-refractivity contribution in [3.63, 3.8) is 0 Å². The molecule has 1 heterocycles. The minimum absolute atomic E-state index is 0. The molecule has 6 nitrogen and oxygen atoms in total. The van der Waals surface area contributed by atoms with Crippen LogP contribution in [0.3, 0.4) is 0 Å². The summed E-state index contributed by atoms with van der Waals surface area (Å²) in [6.45, 7) is 3.11. The average Bonchev–Trinajstić information content (AvgIpc) is 3.06. The zero-order valence-electron chi connectivity index (χ0n) is 14.6. The van der Waals surface area contributed by atoms with E-state index >= 15 is 0 Å². The highest BCUT2D eigenvalue weighted by Gasteiger charge is 2.19. The van der Waals surface area contributed by atoms with Gasteiger partial charge in [-0.3, -0.25) is 9.79 Å². The summed E-state index contributed by atoms with van der Waals surface area (Å²) in [6, 6.07) is 7.53. The Morgan fingerprint density at radius 2 is 2.12 bits per heavy atom. The van der Waals surface area contributed by atoms with E-state index in [-0.39, 0.29) is 29.9 Å². The molecule has 1 unspecified atom stereocenters. The van der Waals surface area contributed by atoms with E-state index in [1.807, 2.05) is 31.3 Å². The predicted octanol–water partition coefficient (Wildman–Crippen LogP) is 2.94. The van der Waals surface area contributed by atoms with E-state index in [0.29, 0.717) is 18.9 Å². The Hall–Kier alpha value is -0.870. The maximum Gasteiger partial charge on any atom is 0.226 e. The van der Waals surface area contributed by atoms with Crippen molar-refractivity contribution < 1.29 is 9.53 Å². The van der Waals surface area contributed by atoms with Crippen molar-refractivity contribution in [2.24, 2.45) is 10.9 Å². The predicted molar refractivity (Wildman–Crippen MR) is 116 cm³/mol. The van der Waals surface area contributed by atoms with Gasteiger partial charge in [-0.1, -0.05) is 15.9 Å². The van der Waals surface area contributed by atoms with Gasteiger partial charge >= 0.3 is 0 Å². The molecular weight excluding hydrogens is 499 g/mol. The number of carbonyl (C=O) groups excluding carboxylic acids is 1. The van der Waals surface area contributed by atoms with Gasteiger partial charge in [-0.25, -0.2) is 0 Å². The fourth-order valence-electron chi connectivity index (χ4n) is 2.63. The summed E-state index contributed by atoms with van der Waals surface area (Å²) in [7, 11) is 3.77. The third-order valence-electron chi connectivity index (χ3n) is 3.89. The van der Waals surface area contributed by atoms with Crippen molar-refractivity contribution in [2.45, 2.75) is 12.8 Å². The average molecular weight is 525 g/mol. The lowest BCUT2D eigenvalue weighted by atomic mass is 10.1. The third kappa shape index (κ3) is 7.91. The lowest BCUT2D eigenvalue weighted by Crippen LogP contribution is -2.42. The summed E-state index contributed by atoms with van der Waals surface area (Å²) in [4.78, 5) is 18.3. The second-order valence-electron chi connectivity index (χ2n) is 5.89. The first kappa shape index (κ1) is 22.2. The standard InChI is InChI=1S/C17H25BrN4O2.HI/c1-19-17(22(2)11-13-8-10-24-12-13)20-9-7-16(23)21-15-5-3-14(18)4-6-15;/h3-6,13H,7-12H2,1-2H3,(H,19,20)(H,21,23);1H. The molecule has 0 radical (unpaired) electrons. The molecule has 25 heavy (non-hydrogen) atoms. The molecule has 140 valence electrons. The Kier molecular flexibility index (Phi) is 10.4. The van der Waals surface area contributed by atoms with Crippen LogP contribution in [0, 0.1) is 5.92 Å². The second kappa shape index (κ2) is 11.7. The van der Waals surface area contributed by atoms with E-state index in [2.05, 4.69) is 36.5 Å². The smallest absolute Gasteiger partial charge is 0.226 e. The molecule has 1 aliphatic heterocycles. The van der Waals surface area contributed by atoms with Crippen molar-refractivity contribution in [1.82, 2.24) is 10.2 Å². The van der Waals surface area contributed by atoms with Crippen LogP contribution in [0.25, 0.3) is 0 Å². The van der Waals surface area contributed by atoms with Crippen LogP contribution in [0.4, 0.5) is 5.69 Å². The van der Waals surface area contributed by atoms with Gasteiger partial charge in [0.15, 0.2) is 5.96 Å². The van der Waals surface area contributed by atoms with E-state index in [0.717, 1.165) is 42.3 Å². The van der Waals surface area contributed by atoms with Gasteiger partial charge in [-0.05, 0) is 30.7 Å². The molecule has 2 N–H and O–H groups in total. The van der Waals surface area contributed by atoms with Crippen molar-refractivity contribution in [3.8, 4) is 0 Å². The highest BCUT2D eigenvalue weighted by atomic mass is 127. The molecule has 1 aromatic rings. The van der Waals surface area contributed by atoms with Crippen LogP contribution >= 0.6 is 39.9 Å². The third-order valence-corrected chi connectivity index (χ3v) is 4.42. The first-order valence-corrected chi connectivity index (χ1v) is 8.92. The summed E-state index contributed by atoms with van der Waals surface area (Å²) in [6.07, 6.45) is 1.48. The highest BCUT2D eigenvalue weighted by Crippen LogP contribution is 2.14. The van der Waals surface area contributed by atoms with Crippen LogP contribution < -0.4 is 10.6 Å². The van der Waals surface area contributed by atoms with Crippen LogP contribution in [0.1, 0.15) is 12.8 Å². The molecule has 8 heteroatoms. The Morgan fingerprint density at radius 3 is 2.72 bits per heavy atom. The molecule has 1 saturated heterocycles. The molecule has 0 aliphatic carbocycles. The number of amides is 1. The summed E-state index contributed by atoms with van der Waals surface area (Å²) >= 11 is 3.37. The number of hydrogen-bond donors (Lipinski definition) is 2. The van der Waals surface area contributed by atoms with Crippen LogP contribution in [0.2, 0.25) is 0 Å². The zero-order chi connectivity index (χ0) is 17.4. The number of rotatable bonds is 6. The van der Waals surface area contributed by atoms with E-state index in [1.165, 1.54) is 0 Å². The van der Waals surface area contributed by atoms with Gasteiger partial charge in [0.2, 0.25) is 5.91 Å². The lowest BCUT2D eigenvalue weighted by molar-refractivity contribution is -0.116. The Labute approximate surface area is 174 Å². The van der Waals surface area contributed by atoms with Crippen LogP contribution in [-0.4, -0.2) is 57.2 Å². The summed E-state index contributed by atoms with van der Waals surface area (Å²) in [5.41, 5.74) is 0.797. The second-order valence-corrected chi connectivity index (χ2v) is 6.80. The minimum atomic E-state index is -0.0212. The summed E-state index contributed by atoms with van der Waals surface area (Å²) in [5, 5.41) is 6.11. The molecule has 0 aromatic heterocycles. The normalized spacial score (nSPS) is 16.9. The van der Waals surface area contributed by atoms with Gasteiger partial charge in [0.25, 0.3) is 0 Å². The minimum Gasteiger partial charge on any atom is -0.381 e. The largest absolute Gasteiger partial charge is 0.381 e. The number of carbonyl (C=O) groups is 1. The number of anilines is 1. The summed E-state index contributed by atoms with van der Waals surface area (Å²) in [5.74, 6) is 1.33. The molecule has 1 aromatic carbocycles. The molecule has 1 atom stereocenters. The number of aliphatic imine (C=N–C) groups is 1. The maximum atomic E-state index is 12.0. The van der Waals surface area contributed by atoms with Crippen LogP contribution in [0.5, 0.6) is 0 Å². The van der Waals surface area contributed by atoms with Gasteiger partial charge in [-0.2, -0.15) is 0 Å². The zero-order valence-corrected chi connectivity index (χ0v) is 18.5. The molecule has 0 spiro atoms. The van der Waals surface area contributed by atoms with E-state index in [1.54, 1.807) is 7.05 Å². The lowest BCUT2D eigenvalue weighted by Gasteiger charge is -2.24. The number of nitrogens with one attached hydrogen (secondary N) is 2. The highest BCUT2D eigenvalue weighted by molar-refractivity contribution is 14.0. The van der Waals surface area contributed by atoms with Crippen molar-refractivity contribution in [2.75, 3.05) is 45.7 Å². The molecular formula is C17H26BrIN4O2. The molecule has 1 amide bonds. The van der Waals surface area contributed by atoms with Crippen LogP contribution in [-0.2, 0) is 9.53 Å². The molecule has 2 rings (SSSR count). The molecule has 1 fully saturated rings. The molecule has 1 aliphatic rings. The number of ether oxygens (including phenoxy) is 1. The Morgan fingerprint density at radius 1 is 1.40 bits per heavy atom. The number of guanidine groups is 1. The van der Waals surface area contributed by atoms with Crippen molar-refractivity contribution in [1.29, 1.82) is 0 Å².